The summed E-state index contributed by atoms with van der Waals surface area (Å²) in [4.78, 5) is 58.6. The van der Waals surface area contributed by atoms with E-state index < -0.39 is 42.9 Å². The van der Waals surface area contributed by atoms with Crippen molar-refractivity contribution in [3.8, 4) is 0 Å². The Kier molecular flexibility index (Phi) is 12.6. The number of carbonyl (C=O) groups excluding carboxylic acids is 3. The van der Waals surface area contributed by atoms with E-state index in [0.717, 1.165) is 7.11 Å². The van der Waals surface area contributed by atoms with Gasteiger partial charge in [0.2, 0.25) is 0 Å². The Morgan fingerprint density at radius 1 is 0.862 bits per heavy atom. The third-order valence-electron chi connectivity index (χ3n) is 3.33. The minimum Gasteiger partial charge on any atom is -0.480 e. The number of ether oxygens (including phenoxy) is 3. The van der Waals surface area contributed by atoms with Gasteiger partial charge in [-0.15, -0.1) is 0 Å². The second kappa shape index (κ2) is 14.1. The minimum atomic E-state index is -1.19. The molecule has 0 spiro atoms. The fraction of sp³-hybridized carbons (Fsp3) is 0.588. The number of aliphatic carboxylic acids is 2. The van der Waals surface area contributed by atoms with Crippen molar-refractivity contribution < 1.29 is 48.4 Å². The van der Waals surface area contributed by atoms with Crippen molar-refractivity contribution >= 4 is 29.8 Å². The van der Waals surface area contributed by atoms with Crippen molar-refractivity contribution in [2.45, 2.75) is 13.3 Å². The molecule has 2 N–H and O–H groups in total. The number of hydrogen-bond donors (Lipinski definition) is 2. The average molecular weight is 418 g/mol. The SMILES string of the molecule is C=C(C)C(=O)OCCC(=O)OCN(CCN(CC(=O)O)CC(=O)OC)CC(=O)O. The van der Waals surface area contributed by atoms with Gasteiger partial charge in [0, 0.05) is 18.7 Å². The topological polar surface area (TPSA) is 160 Å². The van der Waals surface area contributed by atoms with E-state index in [4.69, 9.17) is 19.7 Å². The lowest BCUT2D eigenvalue weighted by Gasteiger charge is -2.24. The molecule has 164 valence electrons. The van der Waals surface area contributed by atoms with E-state index in [1.807, 2.05) is 0 Å². The second-order valence-corrected chi connectivity index (χ2v) is 5.94. The highest BCUT2D eigenvalue weighted by Gasteiger charge is 2.18. The maximum Gasteiger partial charge on any atom is 0.333 e. The van der Waals surface area contributed by atoms with Gasteiger partial charge in [-0.2, -0.15) is 0 Å². The van der Waals surface area contributed by atoms with Crippen LogP contribution in [0.25, 0.3) is 0 Å². The van der Waals surface area contributed by atoms with Crippen LogP contribution in [-0.2, 0) is 38.2 Å². The lowest BCUT2D eigenvalue weighted by atomic mass is 10.4. The zero-order chi connectivity index (χ0) is 22.4. The maximum absolute atomic E-state index is 11.7. The largest absolute Gasteiger partial charge is 0.480 e. The van der Waals surface area contributed by atoms with E-state index in [1.165, 1.54) is 16.7 Å². The predicted octanol–water partition coefficient (Wildman–Crippen LogP) is -1.06. The van der Waals surface area contributed by atoms with Crippen LogP contribution in [0.5, 0.6) is 0 Å². The van der Waals surface area contributed by atoms with Gasteiger partial charge in [-0.25, -0.2) is 4.79 Å². The van der Waals surface area contributed by atoms with Crippen molar-refractivity contribution in [2.24, 2.45) is 0 Å². The molecule has 0 amide bonds. The Labute approximate surface area is 167 Å². The third-order valence-corrected chi connectivity index (χ3v) is 3.33. The van der Waals surface area contributed by atoms with Crippen LogP contribution in [0.3, 0.4) is 0 Å². The first-order chi connectivity index (χ1) is 13.5. The molecule has 0 rings (SSSR count). The predicted molar refractivity (Wildman–Crippen MR) is 96.6 cm³/mol. The molecule has 0 bridgehead atoms. The number of carboxylic acids is 2. The summed E-state index contributed by atoms with van der Waals surface area (Å²) in [5.41, 5.74) is 0.184. The van der Waals surface area contributed by atoms with Gasteiger partial charge in [0.25, 0.3) is 0 Å². The summed E-state index contributed by atoms with van der Waals surface area (Å²) in [6, 6.07) is 0. The summed E-state index contributed by atoms with van der Waals surface area (Å²) in [6.07, 6.45) is -0.229. The molecule has 12 nitrogen and oxygen atoms in total. The zero-order valence-corrected chi connectivity index (χ0v) is 16.4. The van der Waals surface area contributed by atoms with Crippen molar-refractivity contribution in [1.82, 2.24) is 9.80 Å². The van der Waals surface area contributed by atoms with Gasteiger partial charge in [0.05, 0.1) is 33.2 Å². The highest BCUT2D eigenvalue weighted by molar-refractivity contribution is 5.87. The van der Waals surface area contributed by atoms with Gasteiger partial charge < -0.3 is 24.4 Å². The number of esters is 3. The molecule has 29 heavy (non-hydrogen) atoms. The summed E-state index contributed by atoms with van der Waals surface area (Å²) in [7, 11) is 1.16. The van der Waals surface area contributed by atoms with E-state index in [0.29, 0.717) is 0 Å². The summed E-state index contributed by atoms with van der Waals surface area (Å²) < 4.78 is 14.2. The van der Waals surface area contributed by atoms with Crippen molar-refractivity contribution in [3.05, 3.63) is 12.2 Å². The molecule has 0 aliphatic carbocycles. The summed E-state index contributed by atoms with van der Waals surface area (Å²) in [6.45, 7) is 3.06. The number of nitrogens with zero attached hydrogens (tertiary/aromatic N) is 2. The van der Waals surface area contributed by atoms with E-state index in [-0.39, 0.29) is 45.0 Å². The van der Waals surface area contributed by atoms with Crippen LogP contribution in [0.15, 0.2) is 12.2 Å². The first-order valence-corrected chi connectivity index (χ1v) is 8.48. The monoisotopic (exact) mass is 418 g/mol. The van der Waals surface area contributed by atoms with E-state index in [2.05, 4.69) is 11.3 Å². The molecule has 0 saturated carbocycles. The highest BCUT2D eigenvalue weighted by Crippen LogP contribution is 1.98. The normalized spacial score (nSPS) is 10.5. The summed E-state index contributed by atoms with van der Waals surface area (Å²) in [5.74, 6) is -4.36. The van der Waals surface area contributed by atoms with Crippen LogP contribution in [0.1, 0.15) is 13.3 Å². The highest BCUT2D eigenvalue weighted by atomic mass is 16.6. The van der Waals surface area contributed by atoms with Crippen molar-refractivity contribution in [1.29, 1.82) is 0 Å². The molecule has 12 heteroatoms. The van der Waals surface area contributed by atoms with Gasteiger partial charge in [-0.1, -0.05) is 6.58 Å². The molecule has 0 saturated heterocycles. The maximum atomic E-state index is 11.7. The quantitative estimate of drug-likeness (QED) is 0.144. The summed E-state index contributed by atoms with van der Waals surface area (Å²) >= 11 is 0. The number of carboxylic acid groups (broad SMARTS) is 2. The Morgan fingerprint density at radius 3 is 1.93 bits per heavy atom. The van der Waals surface area contributed by atoms with E-state index in [9.17, 15) is 24.0 Å². The molecule has 0 aromatic heterocycles. The number of hydrogen-bond acceptors (Lipinski definition) is 10. The molecular weight excluding hydrogens is 392 g/mol. The lowest BCUT2D eigenvalue weighted by molar-refractivity contribution is -0.154. The van der Waals surface area contributed by atoms with Gasteiger partial charge in [0.1, 0.15) is 13.3 Å². The minimum absolute atomic E-state index is 0.00843. The molecule has 0 aromatic carbocycles. The van der Waals surface area contributed by atoms with E-state index >= 15 is 0 Å². The van der Waals surface area contributed by atoms with Crippen molar-refractivity contribution in [2.75, 3.05) is 53.2 Å². The molecule has 0 unspecified atom stereocenters. The summed E-state index contributed by atoms with van der Waals surface area (Å²) in [5, 5.41) is 17.9. The van der Waals surface area contributed by atoms with Crippen LogP contribution in [0, 0.1) is 0 Å². The van der Waals surface area contributed by atoms with Crippen LogP contribution in [-0.4, -0.2) is 103 Å². The van der Waals surface area contributed by atoms with Gasteiger partial charge >= 0.3 is 29.8 Å². The number of methoxy groups -OCH3 is 1. The van der Waals surface area contributed by atoms with Gasteiger partial charge in [-0.05, 0) is 6.92 Å². The Balaban J connectivity index is 4.58. The molecule has 0 heterocycles. The van der Waals surface area contributed by atoms with Crippen LogP contribution in [0.4, 0.5) is 0 Å². The Bertz CT molecular complexity index is 619. The Morgan fingerprint density at radius 2 is 1.41 bits per heavy atom. The van der Waals surface area contributed by atoms with Gasteiger partial charge in [0.15, 0.2) is 0 Å². The first-order valence-electron chi connectivity index (χ1n) is 8.48. The average Bonchev–Trinajstić information content (AvgIpc) is 2.62. The van der Waals surface area contributed by atoms with Crippen LogP contribution >= 0.6 is 0 Å². The standard InChI is InChI=1S/C17H26N2O10/c1-12(2)17(26)28-7-4-15(24)29-11-19(9-14(22)23)6-5-18(8-13(20)21)10-16(25)27-3/h1,4-11H2,2-3H3,(H,20,21)(H,22,23). The second-order valence-electron chi connectivity index (χ2n) is 5.94. The Hall–Kier alpha value is -2.99. The first kappa shape index (κ1) is 26.0. The van der Waals surface area contributed by atoms with Gasteiger partial charge in [-0.3, -0.25) is 29.0 Å². The smallest absolute Gasteiger partial charge is 0.333 e. The molecule has 0 aromatic rings. The fourth-order valence-electron chi connectivity index (χ4n) is 1.90. The van der Waals surface area contributed by atoms with E-state index in [1.54, 1.807) is 0 Å². The van der Waals surface area contributed by atoms with Crippen LogP contribution < -0.4 is 0 Å². The molecular formula is C17H26N2O10. The molecule has 0 atom stereocenters. The molecule has 0 aliphatic rings. The number of rotatable bonds is 15. The molecule has 0 radical (unpaired) electrons. The fourth-order valence-corrected chi connectivity index (χ4v) is 1.90. The van der Waals surface area contributed by atoms with Crippen molar-refractivity contribution in [3.63, 3.8) is 0 Å². The zero-order valence-electron chi connectivity index (χ0n) is 16.4. The number of carbonyl (C=O) groups is 5. The third kappa shape index (κ3) is 13.8. The molecule has 0 aliphatic heterocycles. The molecule has 0 fully saturated rings. The van der Waals surface area contributed by atoms with Crippen LogP contribution in [0.2, 0.25) is 0 Å². The lowest BCUT2D eigenvalue weighted by Crippen LogP contribution is -2.43.